The number of carbonyl (C=O) groups excluding carboxylic acids is 4. The predicted octanol–water partition coefficient (Wildman–Crippen LogP) is 5.21. The number of nitrogens with zero attached hydrogens (tertiary/aromatic N) is 3. The number of anilines is 1. The molecule has 2 bridgehead atoms. The monoisotopic (exact) mass is 693 g/mol. The van der Waals surface area contributed by atoms with Gasteiger partial charge >= 0.3 is 5.97 Å². The molecule has 0 saturated carbocycles. The first-order valence-electron chi connectivity index (χ1n) is 17.7. The van der Waals surface area contributed by atoms with Crippen LogP contribution in [0.4, 0.5) is 5.69 Å². The van der Waals surface area contributed by atoms with Crippen molar-refractivity contribution in [3.05, 3.63) is 104 Å². The molecule has 3 amide bonds. The fourth-order valence-corrected chi connectivity index (χ4v) is 8.27. The zero-order chi connectivity index (χ0) is 36.4. The highest BCUT2D eigenvalue weighted by Gasteiger charge is 2.75. The van der Waals surface area contributed by atoms with Gasteiger partial charge in [0, 0.05) is 25.7 Å². The minimum Gasteiger partial charge on any atom is -0.455 e. The Kier molecular flexibility index (Phi) is 10.5. The molecule has 3 saturated heterocycles. The van der Waals surface area contributed by atoms with Crippen LogP contribution in [0, 0.1) is 11.8 Å². The molecule has 10 heteroatoms. The lowest BCUT2D eigenvalue weighted by Gasteiger charge is -2.38. The van der Waals surface area contributed by atoms with Crippen LogP contribution in [0.5, 0.6) is 0 Å². The Morgan fingerprint density at radius 1 is 1.04 bits per heavy atom. The van der Waals surface area contributed by atoms with E-state index in [0.29, 0.717) is 30.5 Å². The molecular formula is C41H47N3O7. The Morgan fingerprint density at radius 3 is 2.43 bits per heavy atom. The molecule has 3 aliphatic rings. The lowest BCUT2D eigenvalue weighted by molar-refractivity contribution is -0.165. The first-order valence-corrected chi connectivity index (χ1v) is 17.7. The number of benzene rings is 3. The van der Waals surface area contributed by atoms with Crippen molar-refractivity contribution in [3.63, 3.8) is 0 Å². The molecule has 0 unspecified atom stereocenters. The Morgan fingerprint density at radius 2 is 1.75 bits per heavy atom. The molecule has 3 aliphatic heterocycles. The summed E-state index contributed by atoms with van der Waals surface area (Å²) in [5.41, 5.74) is 0.0443. The van der Waals surface area contributed by atoms with Crippen molar-refractivity contribution in [3.8, 4) is 0 Å². The van der Waals surface area contributed by atoms with Crippen LogP contribution in [0.2, 0.25) is 0 Å². The molecule has 3 aromatic carbocycles. The Balaban J connectivity index is 1.34. The van der Waals surface area contributed by atoms with Gasteiger partial charge in [-0.25, -0.2) is 0 Å². The fraction of sp³-hybridized carbons (Fsp3) is 0.415. The highest BCUT2D eigenvalue weighted by Crippen LogP contribution is 2.59. The number of rotatable bonds is 14. The first-order chi connectivity index (χ1) is 24.6. The topological polar surface area (TPSA) is 117 Å². The number of likely N-dealkylation sites (tertiary alicyclic amines) is 1. The zero-order valence-corrected chi connectivity index (χ0v) is 29.5. The summed E-state index contributed by atoms with van der Waals surface area (Å²) in [4.78, 5) is 61.5. The van der Waals surface area contributed by atoms with Gasteiger partial charge in [-0.15, -0.1) is 13.2 Å². The van der Waals surface area contributed by atoms with Crippen LogP contribution in [0.25, 0.3) is 10.8 Å². The number of hydrogen-bond acceptors (Lipinski definition) is 7. The van der Waals surface area contributed by atoms with Crippen LogP contribution in [-0.2, 0) is 28.7 Å². The molecule has 0 radical (unpaired) electrons. The predicted molar refractivity (Wildman–Crippen MR) is 194 cm³/mol. The quantitative estimate of drug-likeness (QED) is 0.182. The fourth-order valence-electron chi connectivity index (χ4n) is 8.27. The molecule has 8 atom stereocenters. The van der Waals surface area contributed by atoms with E-state index in [0.717, 1.165) is 10.8 Å². The Bertz CT molecular complexity index is 1810. The van der Waals surface area contributed by atoms with Gasteiger partial charge in [0.2, 0.25) is 11.8 Å². The largest absolute Gasteiger partial charge is 0.455 e. The lowest BCUT2D eigenvalue weighted by atomic mass is 9.70. The number of hydrogen-bond donors (Lipinski definition) is 1. The van der Waals surface area contributed by atoms with Crippen LogP contribution in [0.1, 0.15) is 51.2 Å². The van der Waals surface area contributed by atoms with Gasteiger partial charge in [-0.3, -0.25) is 19.2 Å². The lowest BCUT2D eigenvalue weighted by Crippen LogP contribution is -2.58. The normalized spacial score (nSPS) is 25.2. The molecule has 268 valence electrons. The van der Waals surface area contributed by atoms with E-state index in [4.69, 9.17) is 9.47 Å². The maximum atomic E-state index is 14.9. The molecule has 3 heterocycles. The third kappa shape index (κ3) is 6.36. The third-order valence-corrected chi connectivity index (χ3v) is 11.0. The number of amides is 3. The van der Waals surface area contributed by atoms with Gasteiger partial charge in [0.25, 0.3) is 5.91 Å². The molecule has 10 nitrogen and oxygen atoms in total. The van der Waals surface area contributed by atoms with E-state index in [1.54, 1.807) is 35.9 Å². The Labute approximate surface area is 299 Å². The number of fused-ring (bicyclic) bond motifs is 2. The van der Waals surface area contributed by atoms with Crippen LogP contribution < -0.4 is 4.90 Å². The number of likely N-dealkylation sites (N-methyl/N-ethyl adjacent to an activating group) is 1. The molecular weight excluding hydrogens is 646 g/mol. The molecule has 51 heavy (non-hydrogen) atoms. The Hall–Kier alpha value is -4.80. The van der Waals surface area contributed by atoms with Gasteiger partial charge in [-0.2, -0.15) is 0 Å². The number of aliphatic hydroxyl groups is 1. The molecule has 3 aromatic rings. The molecule has 0 aliphatic carbocycles. The summed E-state index contributed by atoms with van der Waals surface area (Å²) in [6, 6.07) is 20.5. The molecule has 1 spiro atoms. The van der Waals surface area contributed by atoms with Crippen molar-refractivity contribution in [1.29, 1.82) is 0 Å². The van der Waals surface area contributed by atoms with E-state index in [2.05, 4.69) is 13.2 Å². The van der Waals surface area contributed by atoms with E-state index in [1.807, 2.05) is 79.7 Å². The van der Waals surface area contributed by atoms with Gasteiger partial charge in [-0.1, -0.05) is 72.8 Å². The number of allylic oxidation sites excluding steroid dienone is 1. The third-order valence-electron chi connectivity index (χ3n) is 11.0. The second-order valence-corrected chi connectivity index (χ2v) is 13.9. The smallest absolute Gasteiger partial charge is 0.313 e. The van der Waals surface area contributed by atoms with Crippen molar-refractivity contribution in [2.24, 2.45) is 11.8 Å². The minimum absolute atomic E-state index is 0.113. The van der Waals surface area contributed by atoms with E-state index < -0.39 is 59.6 Å². The highest BCUT2D eigenvalue weighted by atomic mass is 16.6. The molecule has 1 N–H and O–H groups in total. The summed E-state index contributed by atoms with van der Waals surface area (Å²) in [7, 11) is 1.69. The number of aliphatic hydroxyl groups excluding tert-OH is 1. The van der Waals surface area contributed by atoms with Crippen molar-refractivity contribution in [2.75, 3.05) is 25.1 Å². The van der Waals surface area contributed by atoms with Crippen molar-refractivity contribution in [2.45, 2.75) is 75.5 Å². The number of carbonyl (C=O) groups is 4. The van der Waals surface area contributed by atoms with E-state index >= 15 is 0 Å². The van der Waals surface area contributed by atoms with Crippen LogP contribution in [0.3, 0.4) is 0 Å². The summed E-state index contributed by atoms with van der Waals surface area (Å²) < 4.78 is 13.0. The van der Waals surface area contributed by atoms with Crippen LogP contribution in [-0.4, -0.2) is 88.6 Å². The molecule has 0 aromatic heterocycles. The van der Waals surface area contributed by atoms with E-state index in [-0.39, 0.29) is 31.4 Å². The van der Waals surface area contributed by atoms with Gasteiger partial charge in [-0.05, 0) is 61.6 Å². The van der Waals surface area contributed by atoms with Crippen molar-refractivity contribution in [1.82, 2.24) is 9.80 Å². The standard InChI is InChI=1S/C41H47N3O7/c1-6-8-18-33(46)42(5)27(4)36(29-15-10-9-11-16-29)50-40(49)34-32-21-22-41(51-32)35(34)38(47)44(26(3)25-45)37(41)39(48)43(23-7-2)31-20-19-28-14-12-13-17-30(28)24-31/h6-7,9-17,19-20,24,26-27,32,34-37,45H,1-2,8,18,21-23,25H2,3-5H3/t26-,27-,32+,34-,35-,36+,37+,41-/m1/s1. The van der Waals surface area contributed by atoms with Crippen LogP contribution >= 0.6 is 0 Å². The summed E-state index contributed by atoms with van der Waals surface area (Å²) in [5, 5.41) is 12.3. The second-order valence-electron chi connectivity index (χ2n) is 13.9. The SMILES string of the molecule is C=CCCC(=O)N(C)[C@H](C)[C@H](OC(=O)[C@@H]1[C@@H]2CC[C@]3(O2)[C@H](C(=O)N(CC=C)c2ccc4ccccc4c2)N([C@H](C)CO)C(=O)[C@@H]13)c1ccccc1. The minimum atomic E-state index is -1.30. The number of ether oxygens (including phenoxy) is 2. The van der Waals surface area contributed by atoms with E-state index in [1.165, 1.54) is 4.90 Å². The molecule has 6 rings (SSSR count). The highest BCUT2D eigenvalue weighted by molar-refractivity contribution is 6.05. The van der Waals surface area contributed by atoms with Crippen molar-refractivity contribution < 1.29 is 33.8 Å². The average Bonchev–Trinajstić information content (AvgIpc) is 3.81. The molecule has 3 fully saturated rings. The van der Waals surface area contributed by atoms with Gasteiger partial charge < -0.3 is 29.3 Å². The zero-order valence-electron chi connectivity index (χ0n) is 29.5. The first kappa shape index (κ1) is 36.0. The van der Waals surface area contributed by atoms with Gasteiger partial charge in [0.15, 0.2) is 0 Å². The maximum absolute atomic E-state index is 14.9. The maximum Gasteiger partial charge on any atom is 0.313 e. The second kappa shape index (κ2) is 14.8. The average molecular weight is 694 g/mol. The number of esters is 1. The van der Waals surface area contributed by atoms with Gasteiger partial charge in [0.1, 0.15) is 17.7 Å². The summed E-state index contributed by atoms with van der Waals surface area (Å²) >= 11 is 0. The van der Waals surface area contributed by atoms with Crippen LogP contribution in [0.15, 0.2) is 98.1 Å². The summed E-state index contributed by atoms with van der Waals surface area (Å²) in [6.07, 6.45) is 3.49. The summed E-state index contributed by atoms with van der Waals surface area (Å²) in [5.74, 6) is -3.49. The summed E-state index contributed by atoms with van der Waals surface area (Å²) in [6.45, 7) is 10.9. The van der Waals surface area contributed by atoms with Crippen molar-refractivity contribution >= 4 is 40.2 Å². The van der Waals surface area contributed by atoms with Gasteiger partial charge in [0.05, 0.1) is 36.6 Å². The van der Waals surface area contributed by atoms with E-state index in [9.17, 15) is 24.3 Å².